The Kier molecular flexibility index (Phi) is 4.79. The highest BCUT2D eigenvalue weighted by Crippen LogP contribution is 2.27. The van der Waals surface area contributed by atoms with Crippen LogP contribution in [0.3, 0.4) is 0 Å². The third-order valence-corrected chi connectivity index (χ3v) is 3.80. The molecule has 0 aliphatic carbocycles. The minimum atomic E-state index is -0.435. The molecule has 0 bridgehead atoms. The summed E-state index contributed by atoms with van der Waals surface area (Å²) >= 11 is 0. The van der Waals surface area contributed by atoms with Gasteiger partial charge in [-0.1, -0.05) is 28.9 Å². The Morgan fingerprint density at radius 2 is 2.04 bits per heavy atom. The van der Waals surface area contributed by atoms with E-state index in [1.54, 1.807) is 12.1 Å². The van der Waals surface area contributed by atoms with Crippen molar-refractivity contribution in [1.82, 2.24) is 10.1 Å². The van der Waals surface area contributed by atoms with Gasteiger partial charge in [-0.2, -0.15) is 0 Å². The number of hydrogen-bond acceptors (Lipinski definition) is 6. The summed E-state index contributed by atoms with van der Waals surface area (Å²) in [6, 6.07) is 11.3. The first-order valence-electron chi connectivity index (χ1n) is 7.78. The number of hydrogen-bond donors (Lipinski definition) is 0. The number of carbonyl (C=O) groups excluding carboxylic acids is 1. The third kappa shape index (κ3) is 3.68. The van der Waals surface area contributed by atoms with E-state index in [4.69, 9.17) is 9.26 Å². The first-order chi connectivity index (χ1) is 12.1. The second-order valence-corrected chi connectivity index (χ2v) is 5.60. The Morgan fingerprint density at radius 1 is 1.20 bits per heavy atom. The van der Waals surface area contributed by atoms with E-state index in [1.807, 2.05) is 38.1 Å². The van der Waals surface area contributed by atoms with Crippen LogP contribution in [0.15, 0.2) is 47.1 Å². The summed E-state index contributed by atoms with van der Waals surface area (Å²) in [7, 11) is 1.33. The van der Waals surface area contributed by atoms with E-state index < -0.39 is 5.97 Å². The van der Waals surface area contributed by atoms with Gasteiger partial charge in [-0.25, -0.2) is 9.78 Å². The zero-order chi connectivity index (χ0) is 17.8. The van der Waals surface area contributed by atoms with Gasteiger partial charge in [0.05, 0.1) is 18.2 Å². The number of aromatic nitrogens is 2. The van der Waals surface area contributed by atoms with Crippen LogP contribution in [0.2, 0.25) is 0 Å². The Labute approximate surface area is 145 Å². The summed E-state index contributed by atoms with van der Waals surface area (Å²) in [4.78, 5) is 15.5. The van der Waals surface area contributed by atoms with Crippen molar-refractivity contribution in [1.29, 1.82) is 0 Å². The fourth-order valence-electron chi connectivity index (χ4n) is 2.43. The minimum Gasteiger partial charge on any atom is -0.473 e. The SMILES string of the molecule is COC(=O)c1ccc(OCc2c(-c3cccc(C)c3)noc2C)nc1. The predicted octanol–water partition coefficient (Wildman–Crippen LogP) is 3.72. The van der Waals surface area contributed by atoms with Crippen molar-refractivity contribution < 1.29 is 18.8 Å². The molecule has 0 amide bonds. The van der Waals surface area contributed by atoms with E-state index in [9.17, 15) is 4.79 Å². The van der Waals surface area contributed by atoms with Crippen molar-refractivity contribution in [2.45, 2.75) is 20.5 Å². The molecule has 0 atom stereocenters. The Hall–Kier alpha value is -3.15. The number of pyridine rings is 1. The second kappa shape index (κ2) is 7.17. The molecule has 2 heterocycles. The van der Waals surface area contributed by atoms with E-state index in [-0.39, 0.29) is 6.61 Å². The van der Waals surface area contributed by atoms with Crippen molar-refractivity contribution in [2.24, 2.45) is 0 Å². The number of rotatable bonds is 5. The fourth-order valence-corrected chi connectivity index (χ4v) is 2.43. The van der Waals surface area contributed by atoms with Gasteiger partial charge in [0.2, 0.25) is 5.88 Å². The maximum Gasteiger partial charge on any atom is 0.339 e. The Bertz CT molecular complexity index is 885. The Balaban J connectivity index is 1.78. The Morgan fingerprint density at radius 3 is 2.72 bits per heavy atom. The van der Waals surface area contributed by atoms with Gasteiger partial charge < -0.3 is 14.0 Å². The quantitative estimate of drug-likeness (QED) is 0.660. The predicted molar refractivity (Wildman–Crippen MR) is 91.3 cm³/mol. The number of aryl methyl sites for hydroxylation is 2. The highest BCUT2D eigenvalue weighted by Gasteiger charge is 2.16. The number of nitrogens with zero attached hydrogens (tertiary/aromatic N) is 2. The van der Waals surface area contributed by atoms with Crippen molar-refractivity contribution in [2.75, 3.05) is 7.11 Å². The number of methoxy groups -OCH3 is 1. The van der Waals surface area contributed by atoms with Crippen LogP contribution in [0.4, 0.5) is 0 Å². The van der Waals surface area contributed by atoms with Gasteiger partial charge in [-0.15, -0.1) is 0 Å². The highest BCUT2D eigenvalue weighted by atomic mass is 16.5. The molecular weight excluding hydrogens is 320 g/mol. The molecule has 25 heavy (non-hydrogen) atoms. The molecule has 6 nitrogen and oxygen atoms in total. The molecular formula is C19H18N2O4. The lowest BCUT2D eigenvalue weighted by atomic mass is 10.0. The molecule has 2 aromatic heterocycles. The van der Waals surface area contributed by atoms with Gasteiger partial charge in [0.1, 0.15) is 18.1 Å². The van der Waals surface area contributed by atoms with Gasteiger partial charge in [0.25, 0.3) is 0 Å². The largest absolute Gasteiger partial charge is 0.473 e. The standard InChI is InChI=1S/C19H18N2O4/c1-12-5-4-6-14(9-12)18-16(13(2)25-21-18)11-24-17-8-7-15(10-20-17)19(22)23-3/h4-10H,11H2,1-3H3. The molecule has 0 aliphatic rings. The number of benzene rings is 1. The molecule has 6 heteroatoms. The lowest BCUT2D eigenvalue weighted by Crippen LogP contribution is -2.03. The van der Waals surface area contributed by atoms with Gasteiger partial charge in [-0.05, 0) is 26.0 Å². The van der Waals surface area contributed by atoms with Crippen LogP contribution in [0.5, 0.6) is 5.88 Å². The summed E-state index contributed by atoms with van der Waals surface area (Å²) in [5.41, 5.74) is 4.11. The monoisotopic (exact) mass is 338 g/mol. The van der Waals surface area contributed by atoms with Crippen LogP contribution in [0.25, 0.3) is 11.3 Å². The van der Waals surface area contributed by atoms with Crippen molar-refractivity contribution in [3.63, 3.8) is 0 Å². The minimum absolute atomic E-state index is 0.267. The van der Waals surface area contributed by atoms with Gasteiger partial charge in [0, 0.05) is 17.8 Å². The van der Waals surface area contributed by atoms with Crippen LogP contribution >= 0.6 is 0 Å². The zero-order valence-corrected chi connectivity index (χ0v) is 14.3. The lowest BCUT2D eigenvalue weighted by Gasteiger charge is -2.07. The molecule has 0 N–H and O–H groups in total. The second-order valence-electron chi connectivity index (χ2n) is 5.60. The summed E-state index contributed by atoms with van der Waals surface area (Å²) in [6.07, 6.45) is 1.42. The molecule has 3 aromatic rings. The van der Waals surface area contributed by atoms with Crippen LogP contribution in [-0.4, -0.2) is 23.2 Å². The summed E-state index contributed by atoms with van der Waals surface area (Å²) in [6.45, 7) is 4.14. The zero-order valence-electron chi connectivity index (χ0n) is 14.3. The molecule has 128 valence electrons. The normalized spacial score (nSPS) is 10.5. The first-order valence-corrected chi connectivity index (χ1v) is 7.78. The van der Waals surface area contributed by atoms with Crippen LogP contribution < -0.4 is 4.74 Å². The van der Waals surface area contributed by atoms with Crippen LogP contribution in [0, 0.1) is 13.8 Å². The molecule has 0 radical (unpaired) electrons. The highest BCUT2D eigenvalue weighted by molar-refractivity contribution is 5.88. The van der Waals surface area contributed by atoms with Gasteiger partial charge >= 0.3 is 5.97 Å². The first kappa shape index (κ1) is 16.7. The maximum atomic E-state index is 11.4. The summed E-state index contributed by atoms with van der Waals surface area (Å²) < 4.78 is 15.7. The van der Waals surface area contributed by atoms with Crippen molar-refractivity contribution >= 4 is 5.97 Å². The molecule has 0 unspecified atom stereocenters. The van der Waals surface area contributed by atoms with E-state index in [2.05, 4.69) is 14.9 Å². The topological polar surface area (TPSA) is 74.5 Å². The molecule has 1 aromatic carbocycles. The van der Waals surface area contributed by atoms with Gasteiger partial charge in [0.15, 0.2) is 0 Å². The molecule has 0 saturated carbocycles. The van der Waals surface area contributed by atoms with E-state index in [0.29, 0.717) is 17.2 Å². The van der Waals surface area contributed by atoms with Gasteiger partial charge in [-0.3, -0.25) is 0 Å². The van der Waals surface area contributed by atoms with Crippen molar-refractivity contribution in [3.8, 4) is 17.1 Å². The molecule has 0 spiro atoms. The number of ether oxygens (including phenoxy) is 2. The average molecular weight is 338 g/mol. The summed E-state index contributed by atoms with van der Waals surface area (Å²) in [5.74, 6) is 0.668. The summed E-state index contributed by atoms with van der Waals surface area (Å²) in [5, 5.41) is 4.15. The van der Waals surface area contributed by atoms with E-state index in [0.717, 1.165) is 22.4 Å². The maximum absolute atomic E-state index is 11.4. The molecule has 0 aliphatic heterocycles. The lowest BCUT2D eigenvalue weighted by molar-refractivity contribution is 0.0600. The fraction of sp³-hybridized carbons (Fsp3) is 0.211. The van der Waals surface area contributed by atoms with E-state index >= 15 is 0 Å². The van der Waals surface area contributed by atoms with E-state index in [1.165, 1.54) is 13.3 Å². The smallest absolute Gasteiger partial charge is 0.339 e. The molecule has 0 fully saturated rings. The molecule has 0 saturated heterocycles. The number of carbonyl (C=O) groups is 1. The van der Waals surface area contributed by atoms with Crippen LogP contribution in [-0.2, 0) is 11.3 Å². The molecule has 3 rings (SSSR count). The van der Waals surface area contributed by atoms with Crippen molar-refractivity contribution in [3.05, 3.63) is 65.0 Å². The average Bonchev–Trinajstić information content (AvgIpc) is 3.00. The third-order valence-electron chi connectivity index (χ3n) is 3.80. The number of esters is 1. The van der Waals surface area contributed by atoms with Crippen LogP contribution in [0.1, 0.15) is 27.2 Å².